The number of thiophene rings is 2. The standard InChI is InChI=1S/C18H20N4O3S2/c23-16(12-22-18(24)25-17(20-22)15-6-4-10-27-15)19-11-13(14-5-3-9-26-14)21-7-1-2-8-21/h3-6,9-10,13H,1-2,7-8,11-12H2,(H,19,23). The van der Waals surface area contributed by atoms with Crippen molar-refractivity contribution >= 4 is 28.6 Å². The molecular formula is C18H20N4O3S2. The van der Waals surface area contributed by atoms with Crippen LogP contribution >= 0.6 is 22.7 Å². The first-order valence-electron chi connectivity index (χ1n) is 8.86. The smallest absolute Gasteiger partial charge is 0.387 e. The van der Waals surface area contributed by atoms with Crippen molar-refractivity contribution in [3.05, 3.63) is 50.5 Å². The molecule has 0 bridgehead atoms. The van der Waals surface area contributed by atoms with Gasteiger partial charge in [0.1, 0.15) is 6.54 Å². The third-order valence-corrected chi connectivity index (χ3v) is 6.41. The maximum Gasteiger partial charge on any atom is 0.437 e. The van der Waals surface area contributed by atoms with Crippen molar-refractivity contribution < 1.29 is 9.21 Å². The van der Waals surface area contributed by atoms with Gasteiger partial charge in [-0.1, -0.05) is 12.1 Å². The summed E-state index contributed by atoms with van der Waals surface area (Å²) in [5, 5.41) is 11.0. The summed E-state index contributed by atoms with van der Waals surface area (Å²) in [6, 6.07) is 7.99. The third kappa shape index (κ3) is 4.20. The van der Waals surface area contributed by atoms with Gasteiger partial charge in [-0.05, 0) is 48.8 Å². The number of nitrogens with one attached hydrogen (secondary N) is 1. The van der Waals surface area contributed by atoms with Crippen LogP contribution in [0.3, 0.4) is 0 Å². The molecule has 3 aromatic rings. The van der Waals surface area contributed by atoms with Gasteiger partial charge in [0.25, 0.3) is 5.89 Å². The van der Waals surface area contributed by atoms with Crippen LogP contribution in [0.5, 0.6) is 0 Å². The number of hydrogen-bond donors (Lipinski definition) is 1. The number of hydrogen-bond acceptors (Lipinski definition) is 7. The number of likely N-dealkylation sites (tertiary alicyclic amines) is 1. The van der Waals surface area contributed by atoms with Gasteiger partial charge in [-0.2, -0.15) is 4.68 Å². The van der Waals surface area contributed by atoms with E-state index in [0.29, 0.717) is 6.54 Å². The maximum atomic E-state index is 12.4. The number of carbonyl (C=O) groups excluding carboxylic acids is 1. The van der Waals surface area contributed by atoms with Crippen LogP contribution in [0.1, 0.15) is 23.8 Å². The molecule has 0 saturated carbocycles. The molecule has 0 aromatic carbocycles. The molecule has 1 aliphatic heterocycles. The second-order valence-electron chi connectivity index (χ2n) is 6.39. The van der Waals surface area contributed by atoms with E-state index < -0.39 is 5.76 Å². The van der Waals surface area contributed by atoms with Gasteiger partial charge < -0.3 is 9.73 Å². The van der Waals surface area contributed by atoms with Crippen molar-refractivity contribution in [2.75, 3.05) is 19.6 Å². The zero-order valence-electron chi connectivity index (χ0n) is 14.7. The minimum Gasteiger partial charge on any atom is -0.387 e. The molecule has 0 aliphatic carbocycles. The van der Waals surface area contributed by atoms with Crippen molar-refractivity contribution in [2.45, 2.75) is 25.4 Å². The van der Waals surface area contributed by atoms with E-state index in [-0.39, 0.29) is 24.4 Å². The summed E-state index contributed by atoms with van der Waals surface area (Å²) in [7, 11) is 0. The molecule has 142 valence electrons. The maximum absolute atomic E-state index is 12.4. The van der Waals surface area contributed by atoms with Gasteiger partial charge in [0, 0.05) is 11.4 Å². The van der Waals surface area contributed by atoms with Crippen LogP contribution in [0.4, 0.5) is 0 Å². The Balaban J connectivity index is 1.39. The predicted molar refractivity (Wildman–Crippen MR) is 105 cm³/mol. The zero-order chi connectivity index (χ0) is 18.6. The fourth-order valence-electron chi connectivity index (χ4n) is 3.25. The molecule has 1 fully saturated rings. The Morgan fingerprint density at radius 2 is 2.00 bits per heavy atom. The molecule has 1 amide bonds. The molecule has 1 aliphatic rings. The minimum atomic E-state index is -0.622. The van der Waals surface area contributed by atoms with E-state index in [1.54, 1.807) is 11.3 Å². The van der Waals surface area contributed by atoms with Crippen LogP contribution in [0.2, 0.25) is 0 Å². The lowest BCUT2D eigenvalue weighted by Crippen LogP contribution is -2.38. The summed E-state index contributed by atoms with van der Waals surface area (Å²) in [5.74, 6) is -0.622. The number of rotatable bonds is 7. The molecule has 4 heterocycles. The Bertz CT molecular complexity index is 924. The van der Waals surface area contributed by atoms with Gasteiger partial charge in [0.2, 0.25) is 5.91 Å². The fraction of sp³-hybridized carbons (Fsp3) is 0.389. The van der Waals surface area contributed by atoms with Gasteiger partial charge in [0.15, 0.2) is 0 Å². The number of carbonyl (C=O) groups is 1. The average molecular weight is 405 g/mol. The van der Waals surface area contributed by atoms with Gasteiger partial charge >= 0.3 is 5.76 Å². The number of aromatic nitrogens is 2. The molecule has 0 spiro atoms. The van der Waals surface area contributed by atoms with Crippen molar-refractivity contribution in [1.29, 1.82) is 0 Å². The molecule has 4 rings (SSSR count). The summed E-state index contributed by atoms with van der Waals surface area (Å²) < 4.78 is 6.22. The van der Waals surface area contributed by atoms with Crippen molar-refractivity contribution in [1.82, 2.24) is 20.0 Å². The Hall–Kier alpha value is -2.23. The lowest BCUT2D eigenvalue weighted by atomic mass is 10.2. The van der Waals surface area contributed by atoms with Crippen LogP contribution in [0.15, 0.2) is 44.2 Å². The van der Waals surface area contributed by atoms with Crippen LogP contribution in [0.25, 0.3) is 10.8 Å². The molecule has 1 N–H and O–H groups in total. The number of nitrogens with zero attached hydrogens (tertiary/aromatic N) is 3. The van der Waals surface area contributed by atoms with Crippen molar-refractivity contribution in [2.24, 2.45) is 0 Å². The third-order valence-electron chi connectivity index (χ3n) is 4.58. The Morgan fingerprint density at radius 1 is 1.22 bits per heavy atom. The largest absolute Gasteiger partial charge is 0.437 e. The molecule has 1 unspecified atom stereocenters. The molecule has 0 radical (unpaired) electrons. The highest BCUT2D eigenvalue weighted by molar-refractivity contribution is 7.13. The zero-order valence-corrected chi connectivity index (χ0v) is 16.3. The predicted octanol–water partition coefficient (Wildman–Crippen LogP) is 2.58. The number of amides is 1. The van der Waals surface area contributed by atoms with Gasteiger partial charge in [-0.3, -0.25) is 9.69 Å². The van der Waals surface area contributed by atoms with Gasteiger partial charge in [-0.15, -0.1) is 27.8 Å². The van der Waals surface area contributed by atoms with Crippen molar-refractivity contribution in [3.63, 3.8) is 0 Å². The van der Waals surface area contributed by atoms with Crippen LogP contribution in [-0.4, -0.2) is 40.2 Å². The summed E-state index contributed by atoms with van der Waals surface area (Å²) in [6.45, 7) is 2.46. The summed E-state index contributed by atoms with van der Waals surface area (Å²) in [5.41, 5.74) is 0. The molecule has 1 atom stereocenters. The lowest BCUT2D eigenvalue weighted by Gasteiger charge is -2.26. The molecular weight excluding hydrogens is 384 g/mol. The van der Waals surface area contributed by atoms with E-state index in [2.05, 4.69) is 26.8 Å². The monoisotopic (exact) mass is 404 g/mol. The second-order valence-corrected chi connectivity index (χ2v) is 8.31. The summed E-state index contributed by atoms with van der Waals surface area (Å²) in [4.78, 5) is 28.8. The molecule has 1 saturated heterocycles. The molecule has 7 nitrogen and oxygen atoms in total. The highest BCUT2D eigenvalue weighted by Gasteiger charge is 2.25. The SMILES string of the molecule is O=C(Cn1nc(-c2cccs2)oc1=O)NCC(c1cccs1)N1CCCC1. The minimum absolute atomic E-state index is 0.148. The molecule has 27 heavy (non-hydrogen) atoms. The van der Waals surface area contributed by atoms with E-state index in [0.717, 1.165) is 22.6 Å². The Labute approximate surface area is 164 Å². The van der Waals surface area contributed by atoms with E-state index >= 15 is 0 Å². The molecule has 3 aromatic heterocycles. The Morgan fingerprint density at radius 3 is 2.70 bits per heavy atom. The van der Waals surface area contributed by atoms with E-state index in [4.69, 9.17) is 4.42 Å². The van der Waals surface area contributed by atoms with E-state index in [9.17, 15) is 9.59 Å². The first-order chi connectivity index (χ1) is 13.2. The van der Waals surface area contributed by atoms with Crippen molar-refractivity contribution in [3.8, 4) is 10.8 Å². The Kier molecular flexibility index (Phi) is 5.51. The average Bonchev–Trinajstić information content (AvgIpc) is 3.45. The first kappa shape index (κ1) is 18.1. The normalized spacial score (nSPS) is 15.9. The van der Waals surface area contributed by atoms with Crippen LogP contribution < -0.4 is 11.1 Å². The van der Waals surface area contributed by atoms with Gasteiger partial charge in [-0.25, -0.2) is 4.79 Å². The van der Waals surface area contributed by atoms with Gasteiger partial charge in [0.05, 0.1) is 10.9 Å². The highest BCUT2D eigenvalue weighted by Crippen LogP contribution is 2.27. The summed E-state index contributed by atoms with van der Waals surface area (Å²) >= 11 is 3.13. The highest BCUT2D eigenvalue weighted by atomic mass is 32.1. The lowest BCUT2D eigenvalue weighted by molar-refractivity contribution is -0.122. The van der Waals surface area contributed by atoms with E-state index in [1.165, 1.54) is 29.1 Å². The second kappa shape index (κ2) is 8.20. The first-order valence-corrected chi connectivity index (χ1v) is 10.6. The summed E-state index contributed by atoms with van der Waals surface area (Å²) in [6.07, 6.45) is 2.38. The van der Waals surface area contributed by atoms with Crippen LogP contribution in [0, 0.1) is 0 Å². The molecule has 9 heteroatoms. The quantitative estimate of drug-likeness (QED) is 0.655. The topological polar surface area (TPSA) is 80.4 Å². The fourth-order valence-corrected chi connectivity index (χ4v) is 4.76. The van der Waals surface area contributed by atoms with E-state index in [1.807, 2.05) is 23.6 Å². The van der Waals surface area contributed by atoms with Crippen LogP contribution in [-0.2, 0) is 11.3 Å².